The molecule has 4 rings (SSSR count). The van der Waals surface area contributed by atoms with Gasteiger partial charge in [0.1, 0.15) is 0 Å². The van der Waals surface area contributed by atoms with E-state index >= 15 is 0 Å². The summed E-state index contributed by atoms with van der Waals surface area (Å²) in [6.45, 7) is 7.70. The predicted octanol–water partition coefficient (Wildman–Crippen LogP) is 5.71. The number of anilines is 1. The zero-order valence-electron chi connectivity index (χ0n) is 20.2. The Morgan fingerprint density at radius 3 is 2.34 bits per heavy atom. The molecule has 3 aromatic rings. The molecule has 0 unspecified atom stereocenters. The minimum absolute atomic E-state index is 0.266. The van der Waals surface area contributed by atoms with Crippen molar-refractivity contribution in [3.8, 4) is 0 Å². The molecule has 0 atom stereocenters. The van der Waals surface area contributed by atoms with Crippen molar-refractivity contribution in [2.75, 3.05) is 5.32 Å². The minimum Gasteiger partial charge on any atom is -0.386 e. The SMILES string of the molecule is CC(C)[C@H]1CC[C@H](n2cc3cc(NC(=O)c4ccc(C(F)(F)F)nn4)c(C(C)(C)O)cc3n2)CC1. The van der Waals surface area contributed by atoms with E-state index in [0.717, 1.165) is 43.1 Å². The fraction of sp³-hybridized carbons (Fsp3) is 0.520. The van der Waals surface area contributed by atoms with Crippen LogP contribution in [0.1, 0.15) is 81.2 Å². The Bertz CT molecular complexity index is 1200. The van der Waals surface area contributed by atoms with Crippen LogP contribution in [0.4, 0.5) is 18.9 Å². The Morgan fingerprint density at radius 1 is 1.11 bits per heavy atom. The van der Waals surface area contributed by atoms with Gasteiger partial charge in [0.25, 0.3) is 5.91 Å². The molecule has 1 saturated carbocycles. The van der Waals surface area contributed by atoms with E-state index in [1.54, 1.807) is 26.0 Å². The standard InChI is InChI=1S/C25H30F3N5O2/c1-14(2)15-5-7-17(8-6-15)33-13-16-11-21(18(24(3,4)35)12-20(16)32-33)29-23(34)19-9-10-22(31-30-19)25(26,27)28/h9-15,17,35H,5-8H2,1-4H3,(H,29,34)/t15-,17-. The van der Waals surface area contributed by atoms with Crippen LogP contribution in [0.2, 0.25) is 0 Å². The van der Waals surface area contributed by atoms with Crippen molar-refractivity contribution in [3.63, 3.8) is 0 Å². The second-order valence-electron chi connectivity index (χ2n) is 10.2. The number of benzene rings is 1. The smallest absolute Gasteiger partial charge is 0.386 e. The molecule has 2 aromatic heterocycles. The molecule has 0 spiro atoms. The summed E-state index contributed by atoms with van der Waals surface area (Å²) in [5.41, 5.74) is -1.28. The van der Waals surface area contributed by atoms with Crippen molar-refractivity contribution in [2.45, 2.75) is 71.2 Å². The number of hydrogen-bond acceptors (Lipinski definition) is 5. The summed E-state index contributed by atoms with van der Waals surface area (Å²) in [5.74, 6) is 0.672. The summed E-state index contributed by atoms with van der Waals surface area (Å²) in [6.07, 6.45) is 1.70. The van der Waals surface area contributed by atoms with Gasteiger partial charge in [-0.3, -0.25) is 9.48 Å². The number of hydrogen-bond donors (Lipinski definition) is 2. The first-order valence-corrected chi connectivity index (χ1v) is 11.8. The minimum atomic E-state index is -4.64. The molecule has 1 aliphatic carbocycles. The topological polar surface area (TPSA) is 92.9 Å². The third-order valence-electron chi connectivity index (χ3n) is 6.81. The van der Waals surface area contributed by atoms with Crippen LogP contribution in [0, 0.1) is 11.8 Å². The second-order valence-corrected chi connectivity index (χ2v) is 10.2. The number of amides is 1. The van der Waals surface area contributed by atoms with Crippen molar-refractivity contribution in [3.05, 3.63) is 47.4 Å². The van der Waals surface area contributed by atoms with Crippen molar-refractivity contribution in [1.82, 2.24) is 20.0 Å². The van der Waals surface area contributed by atoms with Crippen LogP contribution in [0.25, 0.3) is 10.9 Å². The molecule has 1 aromatic carbocycles. The van der Waals surface area contributed by atoms with Gasteiger partial charge in [0.15, 0.2) is 11.4 Å². The fourth-order valence-corrected chi connectivity index (χ4v) is 4.71. The Kier molecular flexibility index (Phi) is 6.61. The molecule has 188 valence electrons. The van der Waals surface area contributed by atoms with Crippen molar-refractivity contribution in [2.24, 2.45) is 11.8 Å². The maximum absolute atomic E-state index is 12.8. The number of rotatable bonds is 5. The monoisotopic (exact) mass is 489 g/mol. The van der Waals surface area contributed by atoms with Crippen molar-refractivity contribution >= 4 is 22.5 Å². The number of carbonyl (C=O) groups is 1. The number of alkyl halides is 3. The molecule has 2 heterocycles. The van der Waals surface area contributed by atoms with Gasteiger partial charge in [0, 0.05) is 22.8 Å². The second kappa shape index (κ2) is 9.22. The number of nitrogens with zero attached hydrogens (tertiary/aromatic N) is 4. The number of carbonyl (C=O) groups excluding carboxylic acids is 1. The largest absolute Gasteiger partial charge is 0.435 e. The van der Waals surface area contributed by atoms with Gasteiger partial charge in [-0.05, 0) is 75.6 Å². The van der Waals surface area contributed by atoms with Crippen LogP contribution in [-0.4, -0.2) is 31.0 Å². The first-order chi connectivity index (χ1) is 16.3. The van der Waals surface area contributed by atoms with Gasteiger partial charge in [0.05, 0.1) is 17.2 Å². The number of aliphatic hydroxyl groups is 1. The summed E-state index contributed by atoms with van der Waals surface area (Å²) < 4.78 is 40.2. The normalized spacial score (nSPS) is 19.3. The van der Waals surface area contributed by atoms with Gasteiger partial charge in [-0.1, -0.05) is 13.8 Å². The lowest BCUT2D eigenvalue weighted by atomic mass is 9.80. The van der Waals surface area contributed by atoms with Crippen LogP contribution in [-0.2, 0) is 11.8 Å². The van der Waals surface area contributed by atoms with E-state index in [1.807, 2.05) is 10.9 Å². The predicted molar refractivity (Wildman–Crippen MR) is 126 cm³/mol. The van der Waals surface area contributed by atoms with Crippen LogP contribution in [0.3, 0.4) is 0 Å². The van der Waals surface area contributed by atoms with Crippen LogP contribution in [0.5, 0.6) is 0 Å². The van der Waals surface area contributed by atoms with Gasteiger partial charge >= 0.3 is 6.18 Å². The molecule has 7 nitrogen and oxygen atoms in total. The highest BCUT2D eigenvalue weighted by molar-refractivity contribution is 6.04. The third kappa shape index (κ3) is 5.47. The van der Waals surface area contributed by atoms with Gasteiger partial charge in [-0.15, -0.1) is 10.2 Å². The summed E-state index contributed by atoms with van der Waals surface area (Å²) in [6, 6.07) is 5.43. The Hall–Kier alpha value is -3.01. The highest BCUT2D eigenvalue weighted by Crippen LogP contribution is 2.37. The lowest BCUT2D eigenvalue weighted by Crippen LogP contribution is -2.22. The van der Waals surface area contributed by atoms with E-state index in [2.05, 4.69) is 29.4 Å². The summed E-state index contributed by atoms with van der Waals surface area (Å²) in [7, 11) is 0. The Morgan fingerprint density at radius 2 is 1.80 bits per heavy atom. The van der Waals surface area contributed by atoms with Crippen LogP contribution in [0.15, 0.2) is 30.5 Å². The van der Waals surface area contributed by atoms with Gasteiger partial charge in [-0.2, -0.15) is 18.3 Å². The first-order valence-electron chi connectivity index (χ1n) is 11.8. The zero-order valence-corrected chi connectivity index (χ0v) is 20.2. The van der Waals surface area contributed by atoms with E-state index in [4.69, 9.17) is 5.10 Å². The van der Waals surface area contributed by atoms with Crippen molar-refractivity contribution in [1.29, 1.82) is 0 Å². The molecule has 1 fully saturated rings. The molecule has 2 N–H and O–H groups in total. The molecule has 35 heavy (non-hydrogen) atoms. The Labute approximate surface area is 201 Å². The maximum atomic E-state index is 12.8. The highest BCUT2D eigenvalue weighted by Gasteiger charge is 2.33. The quantitative estimate of drug-likeness (QED) is 0.479. The van der Waals surface area contributed by atoms with Crippen LogP contribution < -0.4 is 5.32 Å². The molecular formula is C25H30F3N5O2. The number of aromatic nitrogens is 4. The van der Waals surface area contributed by atoms with Crippen molar-refractivity contribution < 1.29 is 23.1 Å². The summed E-state index contributed by atoms with van der Waals surface area (Å²) in [5, 5.41) is 25.5. The van der Waals surface area contributed by atoms with Crippen LogP contribution >= 0.6 is 0 Å². The number of halogens is 3. The zero-order chi connectivity index (χ0) is 25.5. The third-order valence-corrected chi connectivity index (χ3v) is 6.81. The van der Waals surface area contributed by atoms with E-state index in [0.29, 0.717) is 34.8 Å². The van der Waals surface area contributed by atoms with Gasteiger partial charge in [-0.25, -0.2) is 0 Å². The highest BCUT2D eigenvalue weighted by atomic mass is 19.4. The molecule has 0 radical (unpaired) electrons. The van der Waals surface area contributed by atoms with Gasteiger partial charge < -0.3 is 10.4 Å². The molecule has 1 aliphatic rings. The molecule has 0 bridgehead atoms. The van der Waals surface area contributed by atoms with Gasteiger partial charge in [0.2, 0.25) is 0 Å². The number of nitrogens with one attached hydrogen (secondary N) is 1. The summed E-state index contributed by atoms with van der Waals surface area (Å²) >= 11 is 0. The maximum Gasteiger partial charge on any atom is 0.435 e. The first kappa shape index (κ1) is 25.1. The lowest BCUT2D eigenvalue weighted by molar-refractivity contribution is -0.141. The number of fused-ring (bicyclic) bond motifs is 1. The average molecular weight is 490 g/mol. The fourth-order valence-electron chi connectivity index (χ4n) is 4.71. The van der Waals surface area contributed by atoms with E-state index < -0.39 is 23.4 Å². The lowest BCUT2D eigenvalue weighted by Gasteiger charge is -2.30. The average Bonchev–Trinajstić information content (AvgIpc) is 3.20. The van der Waals surface area contributed by atoms with E-state index in [1.165, 1.54) is 0 Å². The molecule has 0 aliphatic heterocycles. The van der Waals surface area contributed by atoms with E-state index in [-0.39, 0.29) is 5.69 Å². The molecular weight excluding hydrogens is 459 g/mol. The molecule has 10 heteroatoms. The molecule has 1 amide bonds. The molecule has 0 saturated heterocycles. The summed E-state index contributed by atoms with van der Waals surface area (Å²) in [4.78, 5) is 12.7. The van der Waals surface area contributed by atoms with E-state index in [9.17, 15) is 23.1 Å². The Balaban J connectivity index is 1.61.